The highest BCUT2D eigenvalue weighted by Gasteiger charge is 2.44. The van der Waals surface area contributed by atoms with Gasteiger partial charge in [-0.2, -0.15) is 0 Å². The summed E-state index contributed by atoms with van der Waals surface area (Å²) >= 11 is 6.03. The summed E-state index contributed by atoms with van der Waals surface area (Å²) in [5, 5.41) is 3.81. The second-order valence-corrected chi connectivity index (χ2v) is 7.53. The number of hydrogen-bond donors (Lipinski definition) is 1. The summed E-state index contributed by atoms with van der Waals surface area (Å²) in [4.78, 5) is 17.7. The van der Waals surface area contributed by atoms with Crippen LogP contribution in [0.3, 0.4) is 0 Å². The molecule has 2 atom stereocenters. The van der Waals surface area contributed by atoms with Crippen LogP contribution in [0.1, 0.15) is 17.9 Å². The van der Waals surface area contributed by atoms with Crippen LogP contribution in [0.4, 0.5) is 5.82 Å². The third-order valence-corrected chi connectivity index (χ3v) is 5.50. The Balaban J connectivity index is 1.47. The van der Waals surface area contributed by atoms with E-state index < -0.39 is 0 Å². The first-order valence-corrected chi connectivity index (χ1v) is 9.67. The zero-order chi connectivity index (χ0) is 19.1. The molecular formula is C23H18ClN3O. The molecule has 5 heteroatoms. The summed E-state index contributed by atoms with van der Waals surface area (Å²) in [6, 6.07) is 23.5. The molecular weight excluding hydrogens is 370 g/mol. The zero-order valence-corrected chi connectivity index (χ0v) is 15.8. The maximum absolute atomic E-state index is 13.0. The van der Waals surface area contributed by atoms with Crippen molar-refractivity contribution in [2.24, 2.45) is 5.92 Å². The molecule has 4 aromatic rings. The van der Waals surface area contributed by atoms with Gasteiger partial charge in [0.25, 0.3) is 0 Å². The van der Waals surface area contributed by atoms with E-state index in [0.717, 1.165) is 23.3 Å². The Morgan fingerprint density at radius 2 is 1.75 bits per heavy atom. The van der Waals surface area contributed by atoms with Crippen LogP contribution in [0.15, 0.2) is 79.0 Å². The van der Waals surface area contributed by atoms with E-state index in [1.807, 2.05) is 71.3 Å². The van der Waals surface area contributed by atoms with Gasteiger partial charge in [-0.05, 0) is 42.2 Å². The molecule has 2 aromatic heterocycles. The van der Waals surface area contributed by atoms with E-state index in [9.17, 15) is 4.79 Å². The number of nitrogens with zero attached hydrogens (tertiary/aromatic N) is 2. The summed E-state index contributed by atoms with van der Waals surface area (Å²) in [6.07, 6.45) is 2.79. The van der Waals surface area contributed by atoms with E-state index in [1.54, 1.807) is 0 Å². The predicted molar refractivity (Wildman–Crippen MR) is 112 cm³/mol. The SMILES string of the molecule is O=C(Nc1c(-c2ccc(Cl)cc2)nc2ccccn12)[C@@H]1C[C@H]1c1ccccc1. The van der Waals surface area contributed by atoms with Gasteiger partial charge in [-0.1, -0.05) is 60.1 Å². The second kappa shape index (κ2) is 6.80. The Bertz CT molecular complexity index is 1150. The molecule has 0 spiro atoms. The van der Waals surface area contributed by atoms with Gasteiger partial charge in [-0.15, -0.1) is 0 Å². The highest BCUT2D eigenvalue weighted by Crippen LogP contribution is 2.48. The lowest BCUT2D eigenvalue weighted by molar-refractivity contribution is -0.117. The monoisotopic (exact) mass is 387 g/mol. The van der Waals surface area contributed by atoms with Crippen LogP contribution < -0.4 is 5.32 Å². The minimum atomic E-state index is -0.00488. The van der Waals surface area contributed by atoms with Gasteiger partial charge in [0.15, 0.2) is 0 Å². The molecule has 1 N–H and O–H groups in total. The van der Waals surface area contributed by atoms with Crippen molar-refractivity contribution in [2.75, 3.05) is 5.32 Å². The molecule has 0 saturated heterocycles. The standard InChI is InChI=1S/C23H18ClN3O/c24-17-11-9-16(10-12-17)21-22(27-13-5-4-8-20(27)25-21)26-23(28)19-14-18(19)15-6-2-1-3-7-15/h1-13,18-19H,14H2,(H,26,28)/t18-,19+/m0/s1. The van der Waals surface area contributed by atoms with E-state index in [-0.39, 0.29) is 11.8 Å². The number of carbonyl (C=O) groups excluding carboxylic acids is 1. The number of anilines is 1. The fourth-order valence-electron chi connectivity index (χ4n) is 3.69. The summed E-state index contributed by atoms with van der Waals surface area (Å²) in [7, 11) is 0. The van der Waals surface area contributed by atoms with E-state index in [1.165, 1.54) is 5.56 Å². The van der Waals surface area contributed by atoms with Crippen molar-refractivity contribution in [1.29, 1.82) is 0 Å². The number of benzene rings is 2. The first kappa shape index (κ1) is 17.0. The largest absolute Gasteiger partial charge is 0.310 e. The summed E-state index contributed by atoms with van der Waals surface area (Å²) in [5.74, 6) is 1.02. The maximum atomic E-state index is 13.0. The molecule has 1 aliphatic carbocycles. The Labute approximate surface area is 167 Å². The predicted octanol–water partition coefficient (Wildman–Crippen LogP) is 5.40. The highest BCUT2D eigenvalue weighted by atomic mass is 35.5. The smallest absolute Gasteiger partial charge is 0.229 e. The topological polar surface area (TPSA) is 46.4 Å². The molecule has 1 fully saturated rings. The van der Waals surface area contributed by atoms with Crippen LogP contribution in [-0.4, -0.2) is 15.3 Å². The maximum Gasteiger partial charge on any atom is 0.229 e. The lowest BCUT2D eigenvalue weighted by atomic mass is 10.1. The number of halogens is 1. The number of fused-ring (bicyclic) bond motifs is 1. The van der Waals surface area contributed by atoms with Crippen LogP contribution in [-0.2, 0) is 4.79 Å². The molecule has 0 unspecified atom stereocenters. The van der Waals surface area contributed by atoms with Crippen LogP contribution in [0.5, 0.6) is 0 Å². The molecule has 1 aliphatic rings. The molecule has 2 heterocycles. The first-order valence-electron chi connectivity index (χ1n) is 9.29. The number of amides is 1. The van der Waals surface area contributed by atoms with Crippen molar-refractivity contribution in [2.45, 2.75) is 12.3 Å². The highest BCUT2D eigenvalue weighted by molar-refractivity contribution is 6.30. The lowest BCUT2D eigenvalue weighted by Crippen LogP contribution is -2.16. The molecule has 0 aliphatic heterocycles. The Kier molecular flexibility index (Phi) is 4.14. The third kappa shape index (κ3) is 3.06. The minimum Gasteiger partial charge on any atom is -0.310 e. The fourth-order valence-corrected chi connectivity index (χ4v) is 3.81. The van der Waals surface area contributed by atoms with Crippen LogP contribution in [0.2, 0.25) is 5.02 Å². The van der Waals surface area contributed by atoms with Crippen LogP contribution in [0, 0.1) is 5.92 Å². The fraction of sp³-hybridized carbons (Fsp3) is 0.130. The Morgan fingerprint density at radius 3 is 2.54 bits per heavy atom. The molecule has 1 saturated carbocycles. The normalized spacial score (nSPS) is 18.2. The Hall–Kier alpha value is -3.11. The van der Waals surface area contributed by atoms with Crippen LogP contribution >= 0.6 is 11.6 Å². The molecule has 138 valence electrons. The van der Waals surface area contributed by atoms with Gasteiger partial charge in [0.1, 0.15) is 17.2 Å². The van der Waals surface area contributed by atoms with E-state index in [4.69, 9.17) is 16.6 Å². The van der Waals surface area contributed by atoms with Crippen molar-refractivity contribution in [3.63, 3.8) is 0 Å². The number of rotatable bonds is 4. The van der Waals surface area contributed by atoms with Gasteiger partial charge >= 0.3 is 0 Å². The minimum absolute atomic E-state index is 0.00488. The number of imidazole rings is 1. The molecule has 0 bridgehead atoms. The number of nitrogens with one attached hydrogen (secondary N) is 1. The summed E-state index contributed by atoms with van der Waals surface area (Å²) < 4.78 is 1.92. The van der Waals surface area contributed by atoms with Gasteiger partial charge in [0.05, 0.1) is 0 Å². The van der Waals surface area contributed by atoms with E-state index >= 15 is 0 Å². The average molecular weight is 388 g/mol. The zero-order valence-electron chi connectivity index (χ0n) is 15.0. The summed E-state index contributed by atoms with van der Waals surface area (Å²) in [6.45, 7) is 0. The van der Waals surface area contributed by atoms with Crippen molar-refractivity contribution in [3.8, 4) is 11.3 Å². The van der Waals surface area contributed by atoms with E-state index in [0.29, 0.717) is 16.8 Å². The third-order valence-electron chi connectivity index (χ3n) is 5.24. The van der Waals surface area contributed by atoms with Crippen LogP contribution in [0.25, 0.3) is 16.9 Å². The lowest BCUT2D eigenvalue weighted by Gasteiger charge is -2.08. The molecule has 5 rings (SSSR count). The van der Waals surface area contributed by atoms with Crippen molar-refractivity contribution < 1.29 is 4.79 Å². The molecule has 2 aromatic carbocycles. The van der Waals surface area contributed by atoms with E-state index in [2.05, 4.69) is 17.4 Å². The number of aromatic nitrogens is 2. The van der Waals surface area contributed by atoms with Gasteiger partial charge in [0, 0.05) is 22.7 Å². The molecule has 28 heavy (non-hydrogen) atoms. The second-order valence-electron chi connectivity index (χ2n) is 7.09. The quantitative estimate of drug-likeness (QED) is 0.509. The molecule has 0 radical (unpaired) electrons. The number of pyridine rings is 1. The van der Waals surface area contributed by atoms with Gasteiger partial charge in [-0.3, -0.25) is 9.20 Å². The number of hydrogen-bond acceptors (Lipinski definition) is 2. The Morgan fingerprint density at radius 1 is 1.00 bits per heavy atom. The van der Waals surface area contributed by atoms with Crippen molar-refractivity contribution >= 4 is 29.0 Å². The van der Waals surface area contributed by atoms with Crippen molar-refractivity contribution in [1.82, 2.24) is 9.38 Å². The van der Waals surface area contributed by atoms with Gasteiger partial charge in [-0.25, -0.2) is 4.98 Å². The first-order chi connectivity index (χ1) is 13.7. The van der Waals surface area contributed by atoms with Crippen molar-refractivity contribution in [3.05, 3.63) is 89.6 Å². The molecule has 1 amide bonds. The summed E-state index contributed by atoms with van der Waals surface area (Å²) in [5.41, 5.74) is 3.67. The van der Waals surface area contributed by atoms with Gasteiger partial charge < -0.3 is 5.32 Å². The number of carbonyl (C=O) groups is 1. The molecule has 4 nitrogen and oxygen atoms in total. The van der Waals surface area contributed by atoms with Gasteiger partial charge in [0.2, 0.25) is 5.91 Å². The average Bonchev–Trinajstić information content (AvgIpc) is 3.46.